The molecule has 0 spiro atoms. The Morgan fingerprint density at radius 1 is 1.22 bits per heavy atom. The number of hydrogen-bond acceptors (Lipinski definition) is 4. The van der Waals surface area contributed by atoms with Crippen molar-refractivity contribution in [3.8, 4) is 5.75 Å². The van der Waals surface area contributed by atoms with Crippen molar-refractivity contribution >= 4 is 5.91 Å². The standard InChI is InChI=1S/C18H19F4N3O2/c1-9(2)16-23-8-10(3)15(25-16)17(26)24-11(4)13-7-12(5-6-14(13)19)27-18(20,21)22/h5-9,11H,1-4H3,(H,24,26)/t11-/m1/s1. The van der Waals surface area contributed by atoms with Gasteiger partial charge in [0, 0.05) is 17.7 Å². The van der Waals surface area contributed by atoms with Crippen molar-refractivity contribution in [2.24, 2.45) is 0 Å². The van der Waals surface area contributed by atoms with Gasteiger partial charge in [-0.25, -0.2) is 14.4 Å². The Morgan fingerprint density at radius 3 is 2.48 bits per heavy atom. The Balaban J connectivity index is 2.24. The number of carbonyl (C=O) groups is 1. The van der Waals surface area contributed by atoms with Crippen LogP contribution < -0.4 is 10.1 Å². The van der Waals surface area contributed by atoms with Crippen LogP contribution in [0.25, 0.3) is 0 Å². The molecule has 0 saturated heterocycles. The summed E-state index contributed by atoms with van der Waals surface area (Å²) in [6, 6.07) is 1.71. The predicted octanol–water partition coefficient (Wildman–Crippen LogP) is 4.44. The zero-order valence-electron chi connectivity index (χ0n) is 15.2. The molecule has 146 valence electrons. The topological polar surface area (TPSA) is 64.1 Å². The van der Waals surface area contributed by atoms with Crippen LogP contribution in [-0.4, -0.2) is 22.2 Å². The van der Waals surface area contributed by atoms with Crippen molar-refractivity contribution in [2.75, 3.05) is 0 Å². The van der Waals surface area contributed by atoms with Gasteiger partial charge in [0.15, 0.2) is 0 Å². The Hall–Kier alpha value is -2.71. The van der Waals surface area contributed by atoms with Crippen LogP contribution in [0.4, 0.5) is 17.6 Å². The van der Waals surface area contributed by atoms with Crippen LogP contribution in [-0.2, 0) is 0 Å². The maximum Gasteiger partial charge on any atom is 0.573 e. The average Bonchev–Trinajstić information content (AvgIpc) is 2.55. The predicted molar refractivity (Wildman–Crippen MR) is 89.8 cm³/mol. The number of nitrogens with zero attached hydrogens (tertiary/aromatic N) is 2. The van der Waals surface area contributed by atoms with E-state index in [4.69, 9.17) is 0 Å². The summed E-state index contributed by atoms with van der Waals surface area (Å²) in [5, 5.41) is 2.54. The summed E-state index contributed by atoms with van der Waals surface area (Å²) in [5.41, 5.74) is 0.517. The molecule has 1 N–H and O–H groups in total. The van der Waals surface area contributed by atoms with Crippen LogP contribution in [0.15, 0.2) is 24.4 Å². The number of ether oxygens (including phenoxy) is 1. The van der Waals surface area contributed by atoms with Gasteiger partial charge in [-0.05, 0) is 37.6 Å². The van der Waals surface area contributed by atoms with Gasteiger partial charge in [-0.15, -0.1) is 13.2 Å². The lowest BCUT2D eigenvalue weighted by Gasteiger charge is -2.17. The fraction of sp³-hybridized carbons (Fsp3) is 0.389. The van der Waals surface area contributed by atoms with Gasteiger partial charge < -0.3 is 10.1 Å². The molecule has 9 heteroatoms. The lowest BCUT2D eigenvalue weighted by atomic mass is 10.1. The van der Waals surface area contributed by atoms with Gasteiger partial charge in [-0.1, -0.05) is 13.8 Å². The smallest absolute Gasteiger partial charge is 0.406 e. The van der Waals surface area contributed by atoms with Gasteiger partial charge in [0.2, 0.25) is 0 Å². The number of hydrogen-bond donors (Lipinski definition) is 1. The van der Waals surface area contributed by atoms with E-state index >= 15 is 0 Å². The lowest BCUT2D eigenvalue weighted by Crippen LogP contribution is -2.29. The highest BCUT2D eigenvalue weighted by Gasteiger charge is 2.31. The van der Waals surface area contributed by atoms with Crippen LogP contribution >= 0.6 is 0 Å². The van der Waals surface area contributed by atoms with E-state index in [-0.39, 0.29) is 17.2 Å². The minimum atomic E-state index is -4.90. The number of benzene rings is 1. The molecule has 2 aromatic rings. The SMILES string of the molecule is Cc1cnc(C(C)C)nc1C(=O)N[C@H](C)c1cc(OC(F)(F)F)ccc1F. The van der Waals surface area contributed by atoms with Gasteiger partial charge in [-0.3, -0.25) is 4.79 Å². The largest absolute Gasteiger partial charge is 0.573 e. The highest BCUT2D eigenvalue weighted by molar-refractivity contribution is 5.93. The number of amides is 1. The number of aromatic nitrogens is 2. The van der Waals surface area contributed by atoms with Crippen molar-refractivity contribution in [3.05, 3.63) is 52.9 Å². The first-order chi connectivity index (χ1) is 12.5. The van der Waals surface area contributed by atoms with E-state index in [1.807, 2.05) is 13.8 Å². The van der Waals surface area contributed by atoms with Crippen LogP contribution in [0.1, 0.15) is 60.2 Å². The molecule has 1 atom stereocenters. The number of halogens is 4. The normalized spacial score (nSPS) is 12.8. The quantitative estimate of drug-likeness (QED) is 0.773. The zero-order chi connectivity index (χ0) is 20.4. The Kier molecular flexibility index (Phi) is 6.02. The van der Waals surface area contributed by atoms with Crippen molar-refractivity contribution in [3.63, 3.8) is 0 Å². The lowest BCUT2D eigenvalue weighted by molar-refractivity contribution is -0.274. The minimum absolute atomic E-state index is 0.00298. The first-order valence-electron chi connectivity index (χ1n) is 8.17. The molecule has 0 bridgehead atoms. The second kappa shape index (κ2) is 7.89. The molecule has 5 nitrogen and oxygen atoms in total. The third kappa shape index (κ3) is 5.38. The van der Waals surface area contributed by atoms with E-state index in [0.29, 0.717) is 11.4 Å². The second-order valence-corrected chi connectivity index (χ2v) is 6.34. The van der Waals surface area contributed by atoms with E-state index in [0.717, 1.165) is 18.2 Å². The number of nitrogens with one attached hydrogen (secondary N) is 1. The Labute approximate surface area is 153 Å². The number of aryl methyl sites for hydroxylation is 1. The molecule has 1 aromatic carbocycles. The van der Waals surface area contributed by atoms with Gasteiger partial charge in [0.05, 0.1) is 6.04 Å². The molecular formula is C18H19F4N3O2. The molecule has 0 aliphatic rings. The van der Waals surface area contributed by atoms with Crippen molar-refractivity contribution < 1.29 is 27.1 Å². The summed E-state index contributed by atoms with van der Waals surface area (Å²) >= 11 is 0. The van der Waals surface area contributed by atoms with Gasteiger partial charge in [-0.2, -0.15) is 0 Å². The number of carbonyl (C=O) groups excluding carboxylic acids is 1. The first-order valence-corrected chi connectivity index (χ1v) is 8.17. The number of rotatable bonds is 5. The molecule has 1 aromatic heterocycles. The third-order valence-electron chi connectivity index (χ3n) is 3.74. The molecule has 0 aliphatic heterocycles. The second-order valence-electron chi connectivity index (χ2n) is 6.34. The Morgan fingerprint density at radius 2 is 1.89 bits per heavy atom. The highest BCUT2D eigenvalue weighted by atomic mass is 19.4. The monoisotopic (exact) mass is 385 g/mol. The molecule has 0 aliphatic carbocycles. The van der Waals surface area contributed by atoms with Crippen LogP contribution in [0.3, 0.4) is 0 Å². The molecule has 0 radical (unpaired) electrons. The summed E-state index contributed by atoms with van der Waals surface area (Å²) in [7, 11) is 0. The van der Waals surface area contributed by atoms with Crippen LogP contribution in [0, 0.1) is 12.7 Å². The molecule has 27 heavy (non-hydrogen) atoms. The van der Waals surface area contributed by atoms with E-state index < -0.39 is 29.9 Å². The van der Waals surface area contributed by atoms with E-state index in [1.54, 1.807) is 6.92 Å². The fourth-order valence-electron chi connectivity index (χ4n) is 2.36. The molecule has 2 rings (SSSR count). The molecule has 0 saturated carbocycles. The van der Waals surface area contributed by atoms with E-state index in [9.17, 15) is 22.4 Å². The Bertz CT molecular complexity index is 838. The first kappa shape index (κ1) is 20.6. The van der Waals surface area contributed by atoms with Crippen LogP contribution in [0.2, 0.25) is 0 Å². The fourth-order valence-corrected chi connectivity index (χ4v) is 2.36. The van der Waals surface area contributed by atoms with Gasteiger partial charge in [0.25, 0.3) is 5.91 Å². The summed E-state index contributed by atoms with van der Waals surface area (Å²) in [6.07, 6.45) is -3.38. The van der Waals surface area contributed by atoms with E-state index in [1.165, 1.54) is 13.1 Å². The summed E-state index contributed by atoms with van der Waals surface area (Å²) in [5.74, 6) is -1.43. The molecule has 0 fully saturated rings. The van der Waals surface area contributed by atoms with Crippen molar-refractivity contribution in [2.45, 2.75) is 46.0 Å². The zero-order valence-corrected chi connectivity index (χ0v) is 15.2. The molecule has 1 heterocycles. The van der Waals surface area contributed by atoms with Crippen molar-refractivity contribution in [1.29, 1.82) is 0 Å². The van der Waals surface area contributed by atoms with Gasteiger partial charge >= 0.3 is 6.36 Å². The van der Waals surface area contributed by atoms with Crippen molar-refractivity contribution in [1.82, 2.24) is 15.3 Å². The third-order valence-corrected chi connectivity index (χ3v) is 3.74. The van der Waals surface area contributed by atoms with Gasteiger partial charge in [0.1, 0.15) is 23.1 Å². The molecule has 0 unspecified atom stereocenters. The molecular weight excluding hydrogens is 366 g/mol. The summed E-state index contributed by atoms with van der Waals surface area (Å²) in [6.45, 7) is 6.85. The maximum atomic E-state index is 14.0. The number of alkyl halides is 3. The van der Waals surface area contributed by atoms with E-state index in [2.05, 4.69) is 20.0 Å². The summed E-state index contributed by atoms with van der Waals surface area (Å²) in [4.78, 5) is 20.9. The molecule has 1 amide bonds. The summed E-state index contributed by atoms with van der Waals surface area (Å²) < 4.78 is 54.9. The highest BCUT2D eigenvalue weighted by Crippen LogP contribution is 2.27. The average molecular weight is 385 g/mol. The maximum absolute atomic E-state index is 14.0. The minimum Gasteiger partial charge on any atom is -0.406 e. The van der Waals surface area contributed by atoms with Crippen LogP contribution in [0.5, 0.6) is 5.75 Å².